The van der Waals surface area contributed by atoms with Gasteiger partial charge in [-0.15, -0.1) is 0 Å². The highest BCUT2D eigenvalue weighted by atomic mass is 32.2. The minimum atomic E-state index is -0.477. The van der Waals surface area contributed by atoms with Gasteiger partial charge in [0.1, 0.15) is 23.0 Å². The molecule has 1 atom stereocenters. The highest BCUT2D eigenvalue weighted by Gasteiger charge is 2.20. The van der Waals surface area contributed by atoms with Gasteiger partial charge >= 0.3 is 0 Å². The maximum atomic E-state index is 12.5. The molecule has 1 aliphatic carbocycles. The van der Waals surface area contributed by atoms with Crippen LogP contribution in [0.4, 0.5) is 11.5 Å². The Balaban J connectivity index is 1.73. The van der Waals surface area contributed by atoms with Crippen LogP contribution in [0.5, 0.6) is 0 Å². The number of nitrogen functional groups attached to an aromatic ring is 1. The summed E-state index contributed by atoms with van der Waals surface area (Å²) in [4.78, 5) is 16.6. The molecule has 1 amide bonds. The number of carbonyl (C=O) groups is 1. The minimum Gasteiger partial charge on any atom is -0.383 e. The van der Waals surface area contributed by atoms with Crippen molar-refractivity contribution in [2.45, 2.75) is 36.5 Å². The lowest BCUT2D eigenvalue weighted by atomic mass is 10.1. The largest absolute Gasteiger partial charge is 0.383 e. The van der Waals surface area contributed by atoms with Crippen molar-refractivity contribution in [2.24, 2.45) is 0 Å². The zero-order valence-electron chi connectivity index (χ0n) is 14.2. The lowest BCUT2D eigenvalue weighted by molar-refractivity contribution is -0.115. The zero-order chi connectivity index (χ0) is 18.7. The number of benzene rings is 1. The fourth-order valence-corrected chi connectivity index (χ4v) is 3.77. The molecule has 26 heavy (non-hydrogen) atoms. The van der Waals surface area contributed by atoms with Gasteiger partial charge in [-0.25, -0.2) is 4.98 Å². The number of pyridine rings is 1. The van der Waals surface area contributed by atoms with Crippen LogP contribution in [0.3, 0.4) is 0 Å². The second-order valence-electron chi connectivity index (χ2n) is 6.08. The molecular formula is C19H17N5OS. The quantitative estimate of drug-likeness (QED) is 0.807. The molecule has 0 saturated carbocycles. The van der Waals surface area contributed by atoms with Crippen molar-refractivity contribution in [3.05, 3.63) is 46.5 Å². The monoisotopic (exact) mass is 363 g/mol. The van der Waals surface area contributed by atoms with Gasteiger partial charge in [0.25, 0.3) is 0 Å². The molecule has 3 N–H and O–H groups in total. The Morgan fingerprint density at radius 1 is 1.23 bits per heavy atom. The van der Waals surface area contributed by atoms with Gasteiger partial charge in [-0.3, -0.25) is 4.79 Å². The van der Waals surface area contributed by atoms with E-state index in [1.165, 1.54) is 17.2 Å². The van der Waals surface area contributed by atoms with Crippen LogP contribution in [0.15, 0.2) is 29.3 Å². The number of hydrogen-bond acceptors (Lipinski definition) is 6. The first-order valence-electron chi connectivity index (χ1n) is 8.22. The number of nitrogens with one attached hydrogen (secondary N) is 1. The Morgan fingerprint density at radius 3 is 2.69 bits per heavy atom. The number of hydrogen-bond donors (Lipinski definition) is 2. The summed E-state index contributed by atoms with van der Waals surface area (Å²) in [6.45, 7) is 1.74. The average molecular weight is 363 g/mol. The lowest BCUT2D eigenvalue weighted by Gasteiger charge is -2.13. The number of aromatic nitrogens is 1. The smallest absolute Gasteiger partial charge is 0.237 e. The van der Waals surface area contributed by atoms with E-state index in [4.69, 9.17) is 11.0 Å². The molecule has 1 aromatic heterocycles. The number of nitriles is 2. The summed E-state index contributed by atoms with van der Waals surface area (Å²) in [5.41, 5.74) is 9.52. The predicted octanol–water partition coefficient (Wildman–Crippen LogP) is 3.02. The SMILES string of the molecule is C[C@H](Sc1nc(N)c(C#N)cc1C#N)C(=O)Nc1ccc2c(c1)CCC2. The van der Waals surface area contributed by atoms with E-state index in [0.29, 0.717) is 5.03 Å². The van der Waals surface area contributed by atoms with Gasteiger partial charge in [0.15, 0.2) is 0 Å². The number of thioether (sulfide) groups is 1. The number of nitrogens with two attached hydrogens (primary N) is 1. The van der Waals surface area contributed by atoms with E-state index in [-0.39, 0.29) is 22.9 Å². The number of rotatable bonds is 4. The van der Waals surface area contributed by atoms with Gasteiger partial charge in [-0.1, -0.05) is 17.8 Å². The molecule has 0 fully saturated rings. The van der Waals surface area contributed by atoms with Gasteiger partial charge in [-0.05, 0) is 55.5 Å². The number of amides is 1. The van der Waals surface area contributed by atoms with E-state index in [2.05, 4.69) is 16.4 Å². The molecule has 130 valence electrons. The Hall–Kier alpha value is -3.03. The van der Waals surface area contributed by atoms with E-state index < -0.39 is 5.25 Å². The zero-order valence-corrected chi connectivity index (χ0v) is 15.1. The fourth-order valence-electron chi connectivity index (χ4n) is 2.88. The Kier molecular flexibility index (Phi) is 5.11. The second-order valence-corrected chi connectivity index (χ2v) is 7.41. The first kappa shape index (κ1) is 17.8. The van der Waals surface area contributed by atoms with Crippen LogP contribution < -0.4 is 11.1 Å². The number of nitrogens with zero attached hydrogens (tertiary/aromatic N) is 3. The van der Waals surface area contributed by atoms with Gasteiger partial charge in [0.05, 0.1) is 16.4 Å². The molecule has 1 aliphatic rings. The Labute approximate surface area is 156 Å². The third kappa shape index (κ3) is 3.63. The number of anilines is 2. The van der Waals surface area contributed by atoms with Crippen molar-refractivity contribution in [3.8, 4) is 12.1 Å². The van der Waals surface area contributed by atoms with Crippen LogP contribution in [-0.2, 0) is 17.6 Å². The molecular weight excluding hydrogens is 346 g/mol. The van der Waals surface area contributed by atoms with Gasteiger partial charge < -0.3 is 11.1 Å². The Morgan fingerprint density at radius 2 is 1.96 bits per heavy atom. The maximum absolute atomic E-state index is 12.5. The van der Waals surface area contributed by atoms with Gasteiger partial charge in [0.2, 0.25) is 5.91 Å². The van der Waals surface area contributed by atoms with Crippen molar-refractivity contribution < 1.29 is 4.79 Å². The molecule has 6 nitrogen and oxygen atoms in total. The van der Waals surface area contributed by atoms with Crippen LogP contribution >= 0.6 is 11.8 Å². The van der Waals surface area contributed by atoms with Gasteiger partial charge in [-0.2, -0.15) is 10.5 Å². The molecule has 0 saturated heterocycles. The maximum Gasteiger partial charge on any atom is 0.237 e. The summed E-state index contributed by atoms with van der Waals surface area (Å²) >= 11 is 1.15. The summed E-state index contributed by atoms with van der Waals surface area (Å²) in [5, 5.41) is 21.0. The topological polar surface area (TPSA) is 116 Å². The van der Waals surface area contributed by atoms with Gasteiger partial charge in [0, 0.05) is 5.69 Å². The van der Waals surface area contributed by atoms with E-state index >= 15 is 0 Å². The normalized spacial score (nSPS) is 13.3. The molecule has 2 aromatic rings. The van der Waals surface area contributed by atoms with E-state index in [0.717, 1.165) is 36.7 Å². The number of fused-ring (bicyclic) bond motifs is 1. The molecule has 3 rings (SSSR count). The van der Waals surface area contributed by atoms with Crippen LogP contribution in [0, 0.1) is 22.7 Å². The Bertz CT molecular complexity index is 958. The van der Waals surface area contributed by atoms with Crippen molar-refractivity contribution in [1.82, 2.24) is 4.98 Å². The predicted molar refractivity (Wildman–Crippen MR) is 100 cm³/mol. The molecule has 0 spiro atoms. The highest BCUT2D eigenvalue weighted by Crippen LogP contribution is 2.29. The van der Waals surface area contributed by atoms with Crippen LogP contribution in [-0.4, -0.2) is 16.1 Å². The van der Waals surface area contributed by atoms with E-state index in [1.807, 2.05) is 24.3 Å². The third-order valence-corrected chi connectivity index (χ3v) is 5.38. The minimum absolute atomic E-state index is 0.0558. The summed E-state index contributed by atoms with van der Waals surface area (Å²) in [7, 11) is 0. The van der Waals surface area contributed by atoms with Crippen LogP contribution in [0.25, 0.3) is 0 Å². The lowest BCUT2D eigenvalue weighted by Crippen LogP contribution is -2.22. The number of aryl methyl sites for hydroxylation is 2. The summed E-state index contributed by atoms with van der Waals surface area (Å²) in [6, 6.07) is 11.3. The van der Waals surface area contributed by atoms with Crippen molar-refractivity contribution >= 4 is 29.2 Å². The first-order chi connectivity index (χ1) is 12.5. The third-order valence-electron chi connectivity index (χ3n) is 4.28. The second kappa shape index (κ2) is 7.47. The molecule has 0 radical (unpaired) electrons. The van der Waals surface area contributed by atoms with Crippen LogP contribution in [0.1, 0.15) is 35.6 Å². The van der Waals surface area contributed by atoms with Crippen LogP contribution in [0.2, 0.25) is 0 Å². The molecule has 0 aliphatic heterocycles. The van der Waals surface area contributed by atoms with Crippen molar-refractivity contribution in [2.75, 3.05) is 11.1 Å². The standard InChI is InChI=1S/C19H17N5OS/c1-11(26-19-15(10-21)7-14(9-20)17(22)24-19)18(25)23-16-6-5-12-3-2-4-13(12)8-16/h5-8,11H,2-4H2,1H3,(H2,22,24)(H,23,25)/t11-/m0/s1. The fraction of sp³-hybridized carbons (Fsp3) is 0.263. The summed E-state index contributed by atoms with van der Waals surface area (Å²) in [5.74, 6) is -0.123. The molecule has 1 heterocycles. The first-order valence-corrected chi connectivity index (χ1v) is 9.10. The summed E-state index contributed by atoms with van der Waals surface area (Å²) in [6.07, 6.45) is 3.30. The molecule has 1 aromatic carbocycles. The van der Waals surface area contributed by atoms with E-state index in [9.17, 15) is 10.1 Å². The highest BCUT2D eigenvalue weighted by molar-refractivity contribution is 8.00. The molecule has 7 heteroatoms. The molecule has 0 unspecified atom stereocenters. The molecule has 0 bridgehead atoms. The van der Waals surface area contributed by atoms with E-state index in [1.54, 1.807) is 6.92 Å². The average Bonchev–Trinajstić information content (AvgIpc) is 3.09. The summed E-state index contributed by atoms with van der Waals surface area (Å²) < 4.78 is 0. The van der Waals surface area contributed by atoms with Crippen molar-refractivity contribution in [3.63, 3.8) is 0 Å². The number of carbonyl (C=O) groups excluding carboxylic acids is 1. The van der Waals surface area contributed by atoms with Crippen molar-refractivity contribution in [1.29, 1.82) is 10.5 Å².